The fraction of sp³-hybridized carbons (Fsp3) is 0.833. The monoisotopic (exact) mass is 252 g/mol. The van der Waals surface area contributed by atoms with Gasteiger partial charge in [-0.3, -0.25) is 0 Å². The standard InChI is InChI=1S/C12H20N4O2/c13-12(3-1-2-4-12)9-10-14-11(15-18-10)16-5-7-17-8-6-16/h1-9,13H2. The predicted octanol–water partition coefficient (Wildman–Crippen LogP) is 0.720. The van der Waals surface area contributed by atoms with E-state index in [1.165, 1.54) is 12.8 Å². The average molecular weight is 252 g/mol. The summed E-state index contributed by atoms with van der Waals surface area (Å²) >= 11 is 0. The third-order valence-electron chi connectivity index (χ3n) is 3.85. The summed E-state index contributed by atoms with van der Waals surface area (Å²) < 4.78 is 10.6. The summed E-state index contributed by atoms with van der Waals surface area (Å²) in [5, 5.41) is 4.04. The van der Waals surface area contributed by atoms with Crippen molar-refractivity contribution in [3.05, 3.63) is 5.89 Å². The van der Waals surface area contributed by atoms with Gasteiger partial charge in [-0.25, -0.2) is 0 Å². The second kappa shape index (κ2) is 4.85. The van der Waals surface area contributed by atoms with Crippen molar-refractivity contribution in [1.29, 1.82) is 0 Å². The van der Waals surface area contributed by atoms with E-state index in [-0.39, 0.29) is 5.54 Å². The number of morpholine rings is 1. The number of ether oxygens (including phenoxy) is 1. The lowest BCUT2D eigenvalue weighted by Crippen LogP contribution is -2.39. The molecule has 6 heteroatoms. The van der Waals surface area contributed by atoms with Crippen molar-refractivity contribution in [3.63, 3.8) is 0 Å². The molecule has 0 atom stereocenters. The molecule has 2 heterocycles. The number of nitrogens with two attached hydrogens (primary N) is 1. The number of anilines is 1. The number of aromatic nitrogens is 2. The fourth-order valence-corrected chi connectivity index (χ4v) is 2.77. The molecule has 0 unspecified atom stereocenters. The fourth-order valence-electron chi connectivity index (χ4n) is 2.77. The van der Waals surface area contributed by atoms with Crippen LogP contribution >= 0.6 is 0 Å². The minimum atomic E-state index is -0.130. The normalized spacial score (nSPS) is 23.5. The molecule has 6 nitrogen and oxygen atoms in total. The van der Waals surface area contributed by atoms with Crippen LogP contribution in [0.4, 0.5) is 5.95 Å². The van der Waals surface area contributed by atoms with Crippen molar-refractivity contribution in [2.24, 2.45) is 5.73 Å². The van der Waals surface area contributed by atoms with Gasteiger partial charge in [0.1, 0.15) is 0 Å². The predicted molar refractivity (Wildman–Crippen MR) is 66.4 cm³/mol. The van der Waals surface area contributed by atoms with Crippen LogP contribution in [0.1, 0.15) is 31.6 Å². The zero-order chi connectivity index (χ0) is 12.4. The summed E-state index contributed by atoms with van der Waals surface area (Å²) in [7, 11) is 0. The van der Waals surface area contributed by atoms with E-state index in [1.807, 2.05) is 0 Å². The lowest BCUT2D eigenvalue weighted by Gasteiger charge is -2.24. The first-order valence-electron chi connectivity index (χ1n) is 6.69. The van der Waals surface area contributed by atoms with Crippen LogP contribution < -0.4 is 10.6 Å². The minimum absolute atomic E-state index is 0.130. The maximum Gasteiger partial charge on any atom is 0.266 e. The first-order chi connectivity index (χ1) is 8.75. The van der Waals surface area contributed by atoms with Gasteiger partial charge in [0.15, 0.2) is 0 Å². The zero-order valence-corrected chi connectivity index (χ0v) is 10.6. The highest BCUT2D eigenvalue weighted by Gasteiger charge is 2.32. The van der Waals surface area contributed by atoms with E-state index in [9.17, 15) is 0 Å². The van der Waals surface area contributed by atoms with Gasteiger partial charge in [-0.15, -0.1) is 0 Å². The van der Waals surface area contributed by atoms with Crippen molar-refractivity contribution >= 4 is 5.95 Å². The third kappa shape index (κ3) is 2.49. The Morgan fingerprint density at radius 2 is 1.94 bits per heavy atom. The van der Waals surface area contributed by atoms with Crippen LogP contribution in [0.5, 0.6) is 0 Å². The Balaban J connectivity index is 1.65. The van der Waals surface area contributed by atoms with Crippen LogP contribution in [0.3, 0.4) is 0 Å². The summed E-state index contributed by atoms with van der Waals surface area (Å²) in [5.74, 6) is 1.34. The van der Waals surface area contributed by atoms with Gasteiger partial charge in [0, 0.05) is 25.0 Å². The molecule has 2 aliphatic rings. The number of hydrogen-bond acceptors (Lipinski definition) is 6. The molecule has 100 valence electrons. The molecule has 0 bridgehead atoms. The molecule has 0 aromatic carbocycles. The lowest BCUT2D eigenvalue weighted by molar-refractivity contribution is 0.121. The van der Waals surface area contributed by atoms with E-state index in [2.05, 4.69) is 15.0 Å². The highest BCUT2D eigenvalue weighted by molar-refractivity contribution is 5.28. The maximum atomic E-state index is 6.32. The van der Waals surface area contributed by atoms with Crippen LogP contribution in [-0.2, 0) is 11.2 Å². The quantitative estimate of drug-likeness (QED) is 0.854. The Kier molecular flexibility index (Phi) is 3.22. The summed E-state index contributed by atoms with van der Waals surface area (Å²) in [6, 6.07) is 0. The highest BCUT2D eigenvalue weighted by Crippen LogP contribution is 2.30. The van der Waals surface area contributed by atoms with Gasteiger partial charge in [-0.1, -0.05) is 12.8 Å². The molecular formula is C12H20N4O2. The van der Waals surface area contributed by atoms with Crippen LogP contribution in [0.25, 0.3) is 0 Å². The second-order valence-corrected chi connectivity index (χ2v) is 5.33. The largest absolute Gasteiger partial charge is 0.378 e. The van der Waals surface area contributed by atoms with Gasteiger partial charge in [-0.2, -0.15) is 4.98 Å². The Bertz CT molecular complexity index is 395. The molecule has 1 aromatic heterocycles. The SMILES string of the molecule is NC1(Cc2nc(N3CCOCC3)no2)CCCC1. The van der Waals surface area contributed by atoms with Gasteiger partial charge in [0.05, 0.1) is 13.2 Å². The maximum absolute atomic E-state index is 6.32. The van der Waals surface area contributed by atoms with E-state index in [1.54, 1.807) is 0 Å². The Hall–Kier alpha value is -1.14. The number of nitrogens with zero attached hydrogens (tertiary/aromatic N) is 3. The number of hydrogen-bond donors (Lipinski definition) is 1. The molecule has 1 aliphatic carbocycles. The van der Waals surface area contributed by atoms with Crippen LogP contribution in [0, 0.1) is 0 Å². The Morgan fingerprint density at radius 3 is 2.67 bits per heavy atom. The van der Waals surface area contributed by atoms with Gasteiger partial charge < -0.3 is 19.9 Å². The van der Waals surface area contributed by atoms with Crippen molar-refractivity contribution in [2.45, 2.75) is 37.6 Å². The van der Waals surface area contributed by atoms with E-state index >= 15 is 0 Å². The summed E-state index contributed by atoms with van der Waals surface area (Å²) in [6.07, 6.45) is 5.23. The smallest absolute Gasteiger partial charge is 0.266 e. The summed E-state index contributed by atoms with van der Waals surface area (Å²) in [4.78, 5) is 6.55. The second-order valence-electron chi connectivity index (χ2n) is 5.33. The van der Waals surface area contributed by atoms with E-state index < -0.39 is 0 Å². The molecule has 1 saturated heterocycles. The van der Waals surface area contributed by atoms with Gasteiger partial charge in [-0.05, 0) is 18.0 Å². The molecule has 0 radical (unpaired) electrons. The lowest BCUT2D eigenvalue weighted by atomic mass is 9.95. The van der Waals surface area contributed by atoms with Crippen LogP contribution in [-0.4, -0.2) is 42.0 Å². The van der Waals surface area contributed by atoms with Crippen molar-refractivity contribution in [2.75, 3.05) is 31.2 Å². The van der Waals surface area contributed by atoms with Crippen molar-refractivity contribution in [3.8, 4) is 0 Å². The molecule has 0 amide bonds. The molecule has 2 N–H and O–H groups in total. The molecule has 1 saturated carbocycles. The molecule has 3 rings (SSSR count). The van der Waals surface area contributed by atoms with Gasteiger partial charge in [0.2, 0.25) is 5.89 Å². The van der Waals surface area contributed by atoms with E-state index in [4.69, 9.17) is 15.0 Å². The average Bonchev–Trinajstić information content (AvgIpc) is 3.00. The first kappa shape index (κ1) is 11.9. The van der Waals surface area contributed by atoms with Gasteiger partial charge >= 0.3 is 0 Å². The number of rotatable bonds is 3. The van der Waals surface area contributed by atoms with Crippen molar-refractivity contribution < 1.29 is 9.26 Å². The molecule has 2 fully saturated rings. The van der Waals surface area contributed by atoms with Gasteiger partial charge in [0.25, 0.3) is 5.95 Å². The molecule has 1 aromatic rings. The third-order valence-corrected chi connectivity index (χ3v) is 3.85. The molecule has 18 heavy (non-hydrogen) atoms. The molecule has 1 aliphatic heterocycles. The highest BCUT2D eigenvalue weighted by atomic mass is 16.5. The minimum Gasteiger partial charge on any atom is -0.378 e. The first-order valence-corrected chi connectivity index (χ1v) is 6.69. The summed E-state index contributed by atoms with van der Waals surface area (Å²) in [6.45, 7) is 3.11. The molecular weight excluding hydrogens is 232 g/mol. The van der Waals surface area contributed by atoms with E-state index in [0.717, 1.165) is 39.1 Å². The van der Waals surface area contributed by atoms with Crippen molar-refractivity contribution in [1.82, 2.24) is 10.1 Å². The zero-order valence-electron chi connectivity index (χ0n) is 10.6. The summed E-state index contributed by atoms with van der Waals surface area (Å²) in [5.41, 5.74) is 6.19. The molecule has 0 spiro atoms. The topological polar surface area (TPSA) is 77.4 Å². The van der Waals surface area contributed by atoms with E-state index in [0.29, 0.717) is 18.3 Å². The Morgan fingerprint density at radius 1 is 1.22 bits per heavy atom. The van der Waals surface area contributed by atoms with Crippen LogP contribution in [0.2, 0.25) is 0 Å². The van der Waals surface area contributed by atoms with Crippen LogP contribution in [0.15, 0.2) is 4.52 Å². The Labute approximate surface area is 106 Å².